The van der Waals surface area contributed by atoms with Gasteiger partial charge in [-0.3, -0.25) is 9.59 Å². The second-order valence-electron chi connectivity index (χ2n) is 4.62. The van der Waals surface area contributed by atoms with Gasteiger partial charge in [0.1, 0.15) is 0 Å². The van der Waals surface area contributed by atoms with Gasteiger partial charge in [-0.25, -0.2) is 0 Å². The van der Waals surface area contributed by atoms with E-state index in [1.54, 1.807) is 24.3 Å². The highest BCUT2D eigenvalue weighted by molar-refractivity contribution is 6.02. The van der Waals surface area contributed by atoms with E-state index in [1.165, 1.54) is 19.3 Å². The molecule has 4 heteroatoms. The molecule has 0 bridgehead atoms. The fourth-order valence-corrected chi connectivity index (χ4v) is 1.91. The zero-order valence-corrected chi connectivity index (χ0v) is 11.4. The van der Waals surface area contributed by atoms with Crippen LogP contribution in [0.5, 0.6) is 0 Å². The van der Waals surface area contributed by atoms with Crippen LogP contribution in [-0.2, 0) is 4.79 Å². The van der Waals surface area contributed by atoms with Gasteiger partial charge < -0.3 is 11.1 Å². The summed E-state index contributed by atoms with van der Waals surface area (Å²) in [6.45, 7) is 2.16. The highest BCUT2D eigenvalue weighted by Crippen LogP contribution is 2.15. The molecular formula is C15H22N2O2. The lowest BCUT2D eigenvalue weighted by atomic mass is 10.1. The second kappa shape index (κ2) is 8.29. The largest absolute Gasteiger partial charge is 0.366 e. The lowest BCUT2D eigenvalue weighted by Crippen LogP contribution is -2.17. The van der Waals surface area contributed by atoms with Crippen molar-refractivity contribution in [2.24, 2.45) is 5.73 Å². The van der Waals surface area contributed by atoms with Crippen molar-refractivity contribution in [3.8, 4) is 0 Å². The van der Waals surface area contributed by atoms with Crippen LogP contribution in [0.2, 0.25) is 0 Å². The van der Waals surface area contributed by atoms with Crippen molar-refractivity contribution >= 4 is 17.5 Å². The van der Waals surface area contributed by atoms with Gasteiger partial charge in [-0.1, -0.05) is 44.7 Å². The van der Waals surface area contributed by atoms with Gasteiger partial charge in [0.2, 0.25) is 5.91 Å². The summed E-state index contributed by atoms with van der Waals surface area (Å²) in [4.78, 5) is 23.0. The number of carbonyl (C=O) groups is 2. The molecule has 0 spiro atoms. The van der Waals surface area contributed by atoms with Crippen LogP contribution in [0.15, 0.2) is 24.3 Å². The van der Waals surface area contributed by atoms with Gasteiger partial charge >= 0.3 is 0 Å². The summed E-state index contributed by atoms with van der Waals surface area (Å²) in [5.74, 6) is -0.593. The minimum Gasteiger partial charge on any atom is -0.366 e. The Morgan fingerprint density at radius 3 is 2.47 bits per heavy atom. The number of para-hydroxylation sites is 1. The molecule has 1 aromatic rings. The molecule has 0 aromatic heterocycles. The Balaban J connectivity index is 2.42. The third-order valence-electron chi connectivity index (χ3n) is 2.97. The first-order chi connectivity index (χ1) is 9.15. The van der Waals surface area contributed by atoms with Crippen LogP contribution in [0.4, 0.5) is 5.69 Å². The van der Waals surface area contributed by atoms with E-state index in [0.29, 0.717) is 17.7 Å². The zero-order valence-electron chi connectivity index (χ0n) is 11.4. The van der Waals surface area contributed by atoms with Crippen molar-refractivity contribution in [3.05, 3.63) is 29.8 Å². The van der Waals surface area contributed by atoms with E-state index >= 15 is 0 Å². The molecule has 4 nitrogen and oxygen atoms in total. The van der Waals surface area contributed by atoms with Crippen LogP contribution in [0.25, 0.3) is 0 Å². The molecule has 0 heterocycles. The van der Waals surface area contributed by atoms with Gasteiger partial charge in [-0.05, 0) is 18.6 Å². The summed E-state index contributed by atoms with van der Waals surface area (Å²) in [5.41, 5.74) is 6.10. The van der Waals surface area contributed by atoms with Crippen molar-refractivity contribution in [1.82, 2.24) is 0 Å². The maximum absolute atomic E-state index is 11.8. The van der Waals surface area contributed by atoms with Crippen LogP contribution in [0, 0.1) is 0 Å². The minimum atomic E-state index is -0.529. The molecule has 0 aliphatic rings. The van der Waals surface area contributed by atoms with Crippen LogP contribution >= 0.6 is 0 Å². The van der Waals surface area contributed by atoms with Crippen LogP contribution in [0.1, 0.15) is 55.8 Å². The number of amides is 2. The predicted molar refractivity (Wildman–Crippen MR) is 77.0 cm³/mol. The first-order valence-electron chi connectivity index (χ1n) is 6.83. The second-order valence-corrected chi connectivity index (χ2v) is 4.62. The van der Waals surface area contributed by atoms with Crippen molar-refractivity contribution in [3.63, 3.8) is 0 Å². The van der Waals surface area contributed by atoms with Crippen molar-refractivity contribution in [2.45, 2.75) is 45.4 Å². The molecule has 0 fully saturated rings. The number of rotatable bonds is 8. The van der Waals surface area contributed by atoms with E-state index in [4.69, 9.17) is 5.73 Å². The van der Waals surface area contributed by atoms with Crippen LogP contribution in [0.3, 0.4) is 0 Å². The molecule has 0 saturated heterocycles. The molecule has 0 aliphatic heterocycles. The van der Waals surface area contributed by atoms with E-state index < -0.39 is 5.91 Å². The number of primary amides is 1. The van der Waals surface area contributed by atoms with E-state index in [1.807, 2.05) is 0 Å². The highest BCUT2D eigenvalue weighted by Gasteiger charge is 2.09. The third kappa shape index (κ3) is 5.55. The Labute approximate surface area is 114 Å². The van der Waals surface area contributed by atoms with E-state index in [0.717, 1.165) is 12.8 Å². The van der Waals surface area contributed by atoms with E-state index in [9.17, 15) is 9.59 Å². The summed E-state index contributed by atoms with van der Waals surface area (Å²) in [6.07, 6.45) is 6.01. The van der Waals surface area contributed by atoms with Crippen LogP contribution in [-0.4, -0.2) is 11.8 Å². The number of anilines is 1. The standard InChI is InChI=1S/C15H22N2O2/c1-2-3-4-5-6-11-14(18)17-13-10-8-7-9-12(13)15(16)19/h7-10H,2-6,11H2,1H3,(H2,16,19)(H,17,18). The molecule has 2 amide bonds. The lowest BCUT2D eigenvalue weighted by molar-refractivity contribution is -0.116. The highest BCUT2D eigenvalue weighted by atomic mass is 16.2. The summed E-state index contributed by atoms with van der Waals surface area (Å²) in [6, 6.07) is 6.79. The third-order valence-corrected chi connectivity index (χ3v) is 2.97. The number of nitrogens with two attached hydrogens (primary N) is 1. The Kier molecular flexibility index (Phi) is 6.64. The molecule has 0 radical (unpaired) electrons. The van der Waals surface area contributed by atoms with Gasteiger partial charge in [0.25, 0.3) is 5.91 Å². The first kappa shape index (κ1) is 15.2. The molecule has 1 aromatic carbocycles. The van der Waals surface area contributed by atoms with Crippen molar-refractivity contribution < 1.29 is 9.59 Å². The van der Waals surface area contributed by atoms with E-state index in [2.05, 4.69) is 12.2 Å². The Morgan fingerprint density at radius 2 is 1.79 bits per heavy atom. The van der Waals surface area contributed by atoms with Crippen molar-refractivity contribution in [1.29, 1.82) is 0 Å². The van der Waals surface area contributed by atoms with Gasteiger partial charge in [-0.15, -0.1) is 0 Å². The van der Waals surface area contributed by atoms with Crippen LogP contribution < -0.4 is 11.1 Å². The maximum atomic E-state index is 11.8. The van der Waals surface area contributed by atoms with Gasteiger partial charge in [0.15, 0.2) is 0 Å². The molecule has 19 heavy (non-hydrogen) atoms. The number of benzene rings is 1. The molecule has 3 N–H and O–H groups in total. The summed E-state index contributed by atoms with van der Waals surface area (Å²) in [5, 5.41) is 2.74. The quantitative estimate of drug-likeness (QED) is 0.707. The van der Waals surface area contributed by atoms with E-state index in [-0.39, 0.29) is 5.91 Å². The molecule has 0 unspecified atom stereocenters. The number of hydrogen-bond acceptors (Lipinski definition) is 2. The molecule has 0 aliphatic carbocycles. The molecular weight excluding hydrogens is 240 g/mol. The van der Waals surface area contributed by atoms with Gasteiger partial charge in [-0.2, -0.15) is 0 Å². The number of hydrogen-bond donors (Lipinski definition) is 2. The van der Waals surface area contributed by atoms with Gasteiger partial charge in [0.05, 0.1) is 11.3 Å². The SMILES string of the molecule is CCCCCCCC(=O)Nc1ccccc1C(N)=O. The Bertz CT molecular complexity index is 430. The monoisotopic (exact) mass is 262 g/mol. The zero-order chi connectivity index (χ0) is 14.1. The molecule has 0 saturated carbocycles. The molecule has 0 atom stereocenters. The smallest absolute Gasteiger partial charge is 0.250 e. The average molecular weight is 262 g/mol. The fraction of sp³-hybridized carbons (Fsp3) is 0.467. The summed E-state index contributed by atoms with van der Waals surface area (Å²) in [7, 11) is 0. The topological polar surface area (TPSA) is 72.2 Å². The lowest BCUT2D eigenvalue weighted by Gasteiger charge is -2.08. The molecule has 1 rings (SSSR count). The fourth-order valence-electron chi connectivity index (χ4n) is 1.91. The minimum absolute atomic E-state index is 0.0646. The Hall–Kier alpha value is -1.84. The predicted octanol–water partition coefficient (Wildman–Crippen LogP) is 3.08. The summed E-state index contributed by atoms with van der Waals surface area (Å²) >= 11 is 0. The average Bonchev–Trinajstić information content (AvgIpc) is 2.39. The van der Waals surface area contributed by atoms with Crippen molar-refractivity contribution in [2.75, 3.05) is 5.32 Å². The maximum Gasteiger partial charge on any atom is 0.250 e. The van der Waals surface area contributed by atoms with Gasteiger partial charge in [0, 0.05) is 6.42 Å². The number of carbonyl (C=O) groups excluding carboxylic acids is 2. The molecule has 104 valence electrons. The normalized spacial score (nSPS) is 10.2. The first-order valence-corrected chi connectivity index (χ1v) is 6.83. The summed E-state index contributed by atoms with van der Waals surface area (Å²) < 4.78 is 0. The number of unbranched alkanes of at least 4 members (excludes halogenated alkanes) is 4. The number of nitrogens with one attached hydrogen (secondary N) is 1. The Morgan fingerprint density at radius 1 is 1.11 bits per heavy atom.